The molecule has 0 aliphatic carbocycles. The summed E-state index contributed by atoms with van der Waals surface area (Å²) in [4.78, 5) is 0. The van der Waals surface area contributed by atoms with Crippen molar-refractivity contribution in [2.45, 2.75) is 96.3 Å². The fourth-order valence-electron chi connectivity index (χ4n) is 2.57. The first kappa shape index (κ1) is 19.5. The lowest BCUT2D eigenvalue weighted by Crippen LogP contribution is -1.85. The molecule has 0 aromatic heterocycles. The molecule has 0 saturated heterocycles. The standard InChI is InChI=1S/C18H36O2/c19-17-15-13-11-9-7-5-3-1-2-4-6-8-10-12-14-16-18-20/h15,17,19-20H,1-14,16,18H2/b17-15+. The van der Waals surface area contributed by atoms with Gasteiger partial charge in [0, 0.05) is 6.61 Å². The summed E-state index contributed by atoms with van der Waals surface area (Å²) in [6.45, 7) is 0.359. The maximum absolute atomic E-state index is 8.67. The Morgan fingerprint density at radius 2 is 0.850 bits per heavy atom. The van der Waals surface area contributed by atoms with E-state index >= 15 is 0 Å². The Kier molecular flexibility index (Phi) is 18.0. The Morgan fingerprint density at radius 3 is 1.20 bits per heavy atom. The first-order valence-electron chi connectivity index (χ1n) is 8.82. The third-order valence-electron chi connectivity index (χ3n) is 3.88. The minimum atomic E-state index is 0.359. The normalized spacial score (nSPS) is 11.4. The Morgan fingerprint density at radius 1 is 0.500 bits per heavy atom. The SMILES string of the molecule is O/C=C/CCCCCCCCCCCCCCCCO. The second-order valence-corrected chi connectivity index (χ2v) is 5.85. The fraction of sp³-hybridized carbons (Fsp3) is 0.889. The second kappa shape index (κ2) is 18.5. The van der Waals surface area contributed by atoms with Crippen molar-refractivity contribution in [1.29, 1.82) is 0 Å². The summed E-state index contributed by atoms with van der Waals surface area (Å²) < 4.78 is 0. The first-order valence-corrected chi connectivity index (χ1v) is 8.82. The molecular formula is C18H36O2. The largest absolute Gasteiger partial charge is 0.516 e. The van der Waals surface area contributed by atoms with Gasteiger partial charge in [-0.05, 0) is 19.3 Å². The van der Waals surface area contributed by atoms with Crippen LogP contribution in [0.15, 0.2) is 12.3 Å². The van der Waals surface area contributed by atoms with E-state index < -0.39 is 0 Å². The highest BCUT2D eigenvalue weighted by atomic mass is 16.3. The van der Waals surface area contributed by atoms with Crippen LogP contribution in [0, 0.1) is 0 Å². The molecule has 120 valence electrons. The highest BCUT2D eigenvalue weighted by Crippen LogP contribution is 2.13. The van der Waals surface area contributed by atoms with E-state index in [-0.39, 0.29) is 0 Å². The molecule has 0 aliphatic heterocycles. The van der Waals surface area contributed by atoms with Crippen molar-refractivity contribution in [3.8, 4) is 0 Å². The van der Waals surface area contributed by atoms with Crippen LogP contribution in [0.5, 0.6) is 0 Å². The predicted octanol–water partition coefficient (Wildman–Crippen LogP) is 5.90. The van der Waals surface area contributed by atoms with Crippen molar-refractivity contribution in [1.82, 2.24) is 0 Å². The molecule has 0 amide bonds. The molecule has 20 heavy (non-hydrogen) atoms. The summed E-state index contributed by atoms with van der Waals surface area (Å²) in [6, 6.07) is 0. The summed E-state index contributed by atoms with van der Waals surface area (Å²) in [5.41, 5.74) is 0. The van der Waals surface area contributed by atoms with Crippen molar-refractivity contribution in [3.63, 3.8) is 0 Å². The molecule has 0 aromatic carbocycles. The van der Waals surface area contributed by atoms with Gasteiger partial charge in [0.1, 0.15) is 0 Å². The third-order valence-corrected chi connectivity index (χ3v) is 3.88. The number of aliphatic hydroxyl groups excluding tert-OH is 2. The maximum Gasteiger partial charge on any atom is 0.0751 e. The molecule has 0 unspecified atom stereocenters. The van der Waals surface area contributed by atoms with Gasteiger partial charge in [-0.25, -0.2) is 0 Å². The topological polar surface area (TPSA) is 40.5 Å². The molecule has 0 atom stereocenters. The summed E-state index contributed by atoms with van der Waals surface area (Å²) in [5, 5.41) is 17.2. The molecule has 0 radical (unpaired) electrons. The lowest BCUT2D eigenvalue weighted by atomic mass is 10.0. The van der Waals surface area contributed by atoms with E-state index in [4.69, 9.17) is 10.2 Å². The molecule has 0 aromatic rings. The van der Waals surface area contributed by atoms with E-state index in [1.54, 1.807) is 0 Å². The van der Waals surface area contributed by atoms with Gasteiger partial charge >= 0.3 is 0 Å². The first-order chi connectivity index (χ1) is 9.91. The number of hydrogen-bond acceptors (Lipinski definition) is 2. The average Bonchev–Trinajstić information content (AvgIpc) is 2.47. The van der Waals surface area contributed by atoms with Gasteiger partial charge in [0.05, 0.1) is 6.26 Å². The Balaban J connectivity index is 2.92. The van der Waals surface area contributed by atoms with Crippen LogP contribution < -0.4 is 0 Å². The van der Waals surface area contributed by atoms with Gasteiger partial charge in [0.15, 0.2) is 0 Å². The molecule has 0 fully saturated rings. The summed E-state index contributed by atoms with van der Waals surface area (Å²) >= 11 is 0. The number of allylic oxidation sites excluding steroid dienone is 1. The lowest BCUT2D eigenvalue weighted by molar-refractivity contribution is 0.282. The van der Waals surface area contributed by atoms with Gasteiger partial charge in [-0.3, -0.25) is 0 Å². The molecule has 0 spiro atoms. The van der Waals surface area contributed by atoms with Crippen LogP contribution in [0.3, 0.4) is 0 Å². The number of rotatable bonds is 16. The predicted molar refractivity (Wildman–Crippen MR) is 88.1 cm³/mol. The minimum Gasteiger partial charge on any atom is -0.516 e. The average molecular weight is 284 g/mol. The van der Waals surface area contributed by atoms with Gasteiger partial charge in [-0.1, -0.05) is 83.1 Å². The Hall–Kier alpha value is -0.500. The highest BCUT2D eigenvalue weighted by molar-refractivity contribution is 4.70. The summed E-state index contributed by atoms with van der Waals surface area (Å²) in [6.07, 6.45) is 22.5. The highest BCUT2D eigenvalue weighted by Gasteiger charge is 1.94. The van der Waals surface area contributed by atoms with Crippen LogP contribution in [0.25, 0.3) is 0 Å². The maximum atomic E-state index is 8.67. The van der Waals surface area contributed by atoms with Crippen molar-refractivity contribution < 1.29 is 10.2 Å². The minimum absolute atomic E-state index is 0.359. The summed E-state index contributed by atoms with van der Waals surface area (Å²) in [5.74, 6) is 0. The molecular weight excluding hydrogens is 248 g/mol. The zero-order chi connectivity index (χ0) is 14.7. The van der Waals surface area contributed by atoms with Gasteiger partial charge in [-0.15, -0.1) is 0 Å². The number of hydrogen-bond donors (Lipinski definition) is 2. The molecule has 2 nitrogen and oxygen atoms in total. The lowest BCUT2D eigenvalue weighted by Gasteiger charge is -2.03. The molecule has 0 aliphatic rings. The molecule has 0 saturated carbocycles. The second-order valence-electron chi connectivity index (χ2n) is 5.85. The zero-order valence-corrected chi connectivity index (χ0v) is 13.4. The van der Waals surface area contributed by atoms with Crippen LogP contribution in [0.1, 0.15) is 96.3 Å². The summed E-state index contributed by atoms with van der Waals surface area (Å²) in [7, 11) is 0. The molecule has 0 bridgehead atoms. The number of aliphatic hydroxyl groups is 2. The quantitative estimate of drug-likeness (QED) is 0.273. The molecule has 0 rings (SSSR count). The Labute approximate surface area is 126 Å². The van der Waals surface area contributed by atoms with Gasteiger partial charge in [0.2, 0.25) is 0 Å². The van der Waals surface area contributed by atoms with Gasteiger partial charge < -0.3 is 10.2 Å². The van der Waals surface area contributed by atoms with Gasteiger partial charge in [-0.2, -0.15) is 0 Å². The smallest absolute Gasteiger partial charge is 0.0751 e. The van der Waals surface area contributed by atoms with E-state index in [2.05, 4.69) is 0 Å². The third kappa shape index (κ3) is 17.5. The van der Waals surface area contributed by atoms with E-state index in [1.165, 1.54) is 83.5 Å². The number of unbranched alkanes of at least 4 members (excludes halogenated alkanes) is 14. The van der Waals surface area contributed by atoms with Crippen LogP contribution in [0.4, 0.5) is 0 Å². The van der Waals surface area contributed by atoms with E-state index in [0.717, 1.165) is 19.1 Å². The monoisotopic (exact) mass is 284 g/mol. The molecule has 0 heterocycles. The van der Waals surface area contributed by atoms with Crippen molar-refractivity contribution in [2.75, 3.05) is 6.61 Å². The van der Waals surface area contributed by atoms with E-state index in [0.29, 0.717) is 6.61 Å². The molecule has 2 heteroatoms. The van der Waals surface area contributed by atoms with E-state index in [1.807, 2.05) is 6.08 Å². The van der Waals surface area contributed by atoms with E-state index in [9.17, 15) is 0 Å². The van der Waals surface area contributed by atoms with Crippen LogP contribution in [-0.4, -0.2) is 16.8 Å². The van der Waals surface area contributed by atoms with Crippen molar-refractivity contribution in [3.05, 3.63) is 12.3 Å². The van der Waals surface area contributed by atoms with Crippen LogP contribution >= 0.6 is 0 Å². The zero-order valence-electron chi connectivity index (χ0n) is 13.4. The fourth-order valence-corrected chi connectivity index (χ4v) is 2.57. The van der Waals surface area contributed by atoms with Crippen molar-refractivity contribution >= 4 is 0 Å². The van der Waals surface area contributed by atoms with Crippen molar-refractivity contribution in [2.24, 2.45) is 0 Å². The van der Waals surface area contributed by atoms with Gasteiger partial charge in [0.25, 0.3) is 0 Å². The molecule has 2 N–H and O–H groups in total. The van der Waals surface area contributed by atoms with Crippen LogP contribution in [0.2, 0.25) is 0 Å². The Bertz CT molecular complexity index is 190. The van der Waals surface area contributed by atoms with Crippen LogP contribution in [-0.2, 0) is 0 Å².